The molecule has 1 amide bonds. The molecule has 1 aromatic rings. The number of rotatable bonds is 10. The third-order valence-electron chi connectivity index (χ3n) is 4.59. The minimum Gasteiger partial charge on any atom is -0.478 e. The topological polar surface area (TPSA) is 66.4 Å². The average Bonchev–Trinajstić information content (AvgIpc) is 3.31. The van der Waals surface area contributed by atoms with Crippen molar-refractivity contribution in [1.29, 1.82) is 0 Å². The van der Waals surface area contributed by atoms with Crippen LogP contribution in [0, 0.1) is 11.8 Å². The summed E-state index contributed by atoms with van der Waals surface area (Å²) >= 11 is 0. The zero-order chi connectivity index (χ0) is 16.7. The van der Waals surface area contributed by atoms with E-state index in [1.54, 1.807) is 12.1 Å². The second-order valence-electron chi connectivity index (χ2n) is 6.53. The molecule has 0 unspecified atom stereocenters. The second-order valence-corrected chi connectivity index (χ2v) is 6.53. The van der Waals surface area contributed by atoms with Gasteiger partial charge in [-0.15, -0.1) is 0 Å². The van der Waals surface area contributed by atoms with Crippen LogP contribution in [0.4, 0.5) is 5.69 Å². The van der Waals surface area contributed by atoms with Gasteiger partial charge in [0.1, 0.15) is 0 Å². The molecule has 0 aromatic heterocycles. The van der Waals surface area contributed by atoms with Crippen molar-refractivity contribution >= 4 is 17.6 Å². The molecule has 126 valence electrons. The Hall–Kier alpha value is -1.84. The molecule has 1 aliphatic rings. The lowest BCUT2D eigenvalue weighted by Crippen LogP contribution is -2.14. The van der Waals surface area contributed by atoms with Gasteiger partial charge in [-0.25, -0.2) is 4.79 Å². The molecule has 0 aliphatic heterocycles. The Morgan fingerprint density at radius 3 is 2.39 bits per heavy atom. The third-order valence-corrected chi connectivity index (χ3v) is 4.59. The fourth-order valence-corrected chi connectivity index (χ4v) is 3.01. The summed E-state index contributed by atoms with van der Waals surface area (Å²) in [5.41, 5.74) is 0.903. The molecule has 0 radical (unpaired) electrons. The van der Waals surface area contributed by atoms with E-state index in [1.165, 1.54) is 50.7 Å². The Kier molecular flexibility index (Phi) is 6.63. The Labute approximate surface area is 138 Å². The van der Waals surface area contributed by atoms with E-state index < -0.39 is 5.97 Å². The smallest absolute Gasteiger partial charge is 0.335 e. The van der Waals surface area contributed by atoms with Gasteiger partial charge in [-0.3, -0.25) is 4.79 Å². The van der Waals surface area contributed by atoms with Gasteiger partial charge in [-0.05, 0) is 43.0 Å². The van der Waals surface area contributed by atoms with Crippen molar-refractivity contribution in [3.63, 3.8) is 0 Å². The number of anilines is 1. The van der Waals surface area contributed by atoms with Gasteiger partial charge in [0.15, 0.2) is 0 Å². The maximum atomic E-state index is 12.2. The Bertz CT molecular complexity index is 524. The molecule has 2 atom stereocenters. The van der Waals surface area contributed by atoms with Crippen molar-refractivity contribution in [3.05, 3.63) is 29.8 Å². The molecule has 1 aromatic carbocycles. The predicted octanol–water partition coefficient (Wildman–Crippen LogP) is 4.71. The van der Waals surface area contributed by atoms with Gasteiger partial charge in [0.25, 0.3) is 0 Å². The lowest BCUT2D eigenvalue weighted by atomic mass is 10.1. The zero-order valence-corrected chi connectivity index (χ0v) is 13.9. The van der Waals surface area contributed by atoms with Crippen molar-refractivity contribution in [2.24, 2.45) is 11.8 Å². The highest BCUT2D eigenvalue weighted by molar-refractivity contribution is 5.95. The lowest BCUT2D eigenvalue weighted by molar-refractivity contribution is -0.117. The molecule has 4 nitrogen and oxygen atoms in total. The number of unbranched alkanes of at least 4 members (excludes halogenated alkanes) is 5. The molecule has 0 bridgehead atoms. The zero-order valence-electron chi connectivity index (χ0n) is 13.9. The summed E-state index contributed by atoms with van der Waals surface area (Å²) in [6, 6.07) is 6.32. The number of amides is 1. The van der Waals surface area contributed by atoms with Crippen LogP contribution < -0.4 is 5.32 Å². The average molecular weight is 317 g/mol. The van der Waals surface area contributed by atoms with E-state index in [9.17, 15) is 9.59 Å². The number of benzene rings is 1. The van der Waals surface area contributed by atoms with Gasteiger partial charge in [-0.1, -0.05) is 45.4 Å². The Morgan fingerprint density at radius 2 is 1.74 bits per heavy atom. The van der Waals surface area contributed by atoms with Gasteiger partial charge < -0.3 is 10.4 Å². The first-order valence-corrected chi connectivity index (χ1v) is 8.76. The van der Waals surface area contributed by atoms with E-state index in [0.29, 0.717) is 11.6 Å². The SMILES string of the molecule is CCCCCCCC[C@H]1C[C@@H]1C(=O)Nc1ccc(C(=O)O)cc1. The van der Waals surface area contributed by atoms with Gasteiger partial charge in [0.05, 0.1) is 5.56 Å². The van der Waals surface area contributed by atoms with Crippen molar-refractivity contribution in [2.75, 3.05) is 5.32 Å². The molecule has 4 heteroatoms. The van der Waals surface area contributed by atoms with E-state index >= 15 is 0 Å². The summed E-state index contributed by atoms with van der Waals surface area (Å²) < 4.78 is 0. The number of carbonyl (C=O) groups is 2. The van der Waals surface area contributed by atoms with Gasteiger partial charge in [0.2, 0.25) is 5.91 Å². The fraction of sp³-hybridized carbons (Fsp3) is 0.579. The van der Waals surface area contributed by atoms with E-state index in [2.05, 4.69) is 12.2 Å². The quantitative estimate of drug-likeness (QED) is 0.614. The van der Waals surface area contributed by atoms with Crippen LogP contribution in [0.15, 0.2) is 24.3 Å². The van der Waals surface area contributed by atoms with Crippen LogP contribution in [0.1, 0.15) is 68.6 Å². The van der Waals surface area contributed by atoms with Crippen LogP contribution in [0.3, 0.4) is 0 Å². The summed E-state index contributed by atoms with van der Waals surface area (Å²) in [5, 5.41) is 11.7. The van der Waals surface area contributed by atoms with Gasteiger partial charge >= 0.3 is 5.97 Å². The number of hydrogen-bond acceptors (Lipinski definition) is 2. The summed E-state index contributed by atoms with van der Waals surface area (Å²) in [5.74, 6) is -0.197. The summed E-state index contributed by atoms with van der Waals surface area (Å²) in [6.07, 6.45) is 9.90. The molecule has 0 spiro atoms. The summed E-state index contributed by atoms with van der Waals surface area (Å²) in [4.78, 5) is 22.9. The number of carbonyl (C=O) groups excluding carboxylic acids is 1. The Balaban J connectivity index is 1.64. The molecule has 1 aliphatic carbocycles. The maximum Gasteiger partial charge on any atom is 0.335 e. The monoisotopic (exact) mass is 317 g/mol. The molecule has 1 fully saturated rings. The summed E-state index contributed by atoms with van der Waals surface area (Å²) in [6.45, 7) is 2.22. The van der Waals surface area contributed by atoms with Crippen LogP contribution >= 0.6 is 0 Å². The van der Waals surface area contributed by atoms with Crippen LogP contribution in [-0.4, -0.2) is 17.0 Å². The first-order valence-electron chi connectivity index (χ1n) is 8.76. The summed E-state index contributed by atoms with van der Waals surface area (Å²) in [7, 11) is 0. The number of carboxylic acids is 1. The van der Waals surface area contributed by atoms with Crippen LogP contribution in [0.25, 0.3) is 0 Å². The second kappa shape index (κ2) is 8.70. The first kappa shape index (κ1) is 17.5. The highest BCUT2D eigenvalue weighted by Gasteiger charge is 2.42. The normalized spacial score (nSPS) is 19.3. The van der Waals surface area contributed by atoms with Crippen LogP contribution in [-0.2, 0) is 4.79 Å². The maximum absolute atomic E-state index is 12.2. The molecular weight excluding hydrogens is 290 g/mol. The lowest BCUT2D eigenvalue weighted by Gasteiger charge is -2.05. The highest BCUT2D eigenvalue weighted by atomic mass is 16.4. The van der Waals surface area contributed by atoms with Crippen molar-refractivity contribution in [3.8, 4) is 0 Å². The molecule has 0 heterocycles. The highest BCUT2D eigenvalue weighted by Crippen LogP contribution is 2.43. The standard InChI is InChI=1S/C19H27NO3/c1-2-3-4-5-6-7-8-15-13-17(15)18(21)20-16-11-9-14(10-12-16)19(22)23/h9-12,15,17H,2-8,13H2,1H3,(H,20,21)(H,22,23)/t15-,17-/m0/s1. The number of hydrogen-bond donors (Lipinski definition) is 2. The Morgan fingerprint density at radius 1 is 1.09 bits per heavy atom. The van der Waals surface area contributed by atoms with E-state index in [1.807, 2.05) is 0 Å². The molecule has 1 saturated carbocycles. The fourth-order valence-electron chi connectivity index (χ4n) is 3.01. The molecule has 2 rings (SSSR count). The molecule has 0 saturated heterocycles. The molecule has 2 N–H and O–H groups in total. The minimum atomic E-state index is -0.955. The van der Waals surface area contributed by atoms with E-state index in [-0.39, 0.29) is 17.4 Å². The predicted molar refractivity (Wildman–Crippen MR) is 91.6 cm³/mol. The molecular formula is C19H27NO3. The number of carboxylic acid groups (broad SMARTS) is 1. The van der Waals surface area contributed by atoms with Crippen molar-refractivity contribution < 1.29 is 14.7 Å². The van der Waals surface area contributed by atoms with Gasteiger partial charge in [-0.2, -0.15) is 0 Å². The number of aromatic carboxylic acids is 1. The van der Waals surface area contributed by atoms with Crippen molar-refractivity contribution in [1.82, 2.24) is 0 Å². The van der Waals surface area contributed by atoms with E-state index in [4.69, 9.17) is 5.11 Å². The van der Waals surface area contributed by atoms with E-state index in [0.717, 1.165) is 12.8 Å². The largest absolute Gasteiger partial charge is 0.478 e. The third kappa shape index (κ3) is 5.70. The minimum absolute atomic E-state index is 0.0732. The van der Waals surface area contributed by atoms with Crippen LogP contribution in [0.5, 0.6) is 0 Å². The van der Waals surface area contributed by atoms with Gasteiger partial charge in [0, 0.05) is 11.6 Å². The number of nitrogens with one attached hydrogen (secondary N) is 1. The van der Waals surface area contributed by atoms with Crippen LogP contribution in [0.2, 0.25) is 0 Å². The first-order chi connectivity index (χ1) is 11.1. The molecule has 23 heavy (non-hydrogen) atoms. The van der Waals surface area contributed by atoms with Crippen molar-refractivity contribution in [2.45, 2.75) is 58.3 Å².